The Morgan fingerprint density at radius 1 is 0.321 bits per heavy atom. The number of nitrogens with zero attached hydrogens (tertiary/aromatic N) is 2. The van der Waals surface area contributed by atoms with Crippen molar-refractivity contribution < 1.29 is 0 Å². The number of benzene rings is 4. The van der Waals surface area contributed by atoms with E-state index in [9.17, 15) is 0 Å². The zero-order valence-corrected chi connectivity index (χ0v) is 30.2. The average Bonchev–Trinajstić information content (AvgIpc) is 3.99. The Morgan fingerprint density at radius 2 is 0.547 bits per heavy atom. The smallest absolute Gasteiger partial charge is 0.0738 e. The summed E-state index contributed by atoms with van der Waals surface area (Å²) in [5.41, 5.74) is 42.5. The van der Waals surface area contributed by atoms with Crippen molar-refractivity contribution in [3.8, 4) is 44.5 Å². The molecule has 2 radical (unpaired) electrons. The molecule has 53 heavy (non-hydrogen) atoms. The van der Waals surface area contributed by atoms with Crippen LogP contribution >= 0.6 is 0 Å². The van der Waals surface area contributed by atoms with Crippen LogP contribution in [0.4, 0.5) is 22.7 Å². The number of aromatic amines is 2. The first-order valence-electron chi connectivity index (χ1n) is 17.0. The highest BCUT2D eigenvalue weighted by Gasteiger charge is 2.21. The molecule has 0 spiro atoms. The van der Waals surface area contributed by atoms with E-state index in [0.717, 1.165) is 89.4 Å². The van der Waals surface area contributed by atoms with Gasteiger partial charge in [0.05, 0.1) is 22.8 Å². The van der Waals surface area contributed by atoms with E-state index in [1.807, 2.05) is 121 Å². The number of nitrogen functional groups attached to an aromatic ring is 4. The summed E-state index contributed by atoms with van der Waals surface area (Å²) in [6.45, 7) is 0. The summed E-state index contributed by atoms with van der Waals surface area (Å²) < 4.78 is 0. The van der Waals surface area contributed by atoms with Gasteiger partial charge in [-0.25, -0.2) is 9.97 Å². The molecule has 9 rings (SSSR count). The Morgan fingerprint density at radius 3 is 0.774 bits per heavy atom. The second-order valence-corrected chi connectivity index (χ2v) is 12.9. The highest BCUT2D eigenvalue weighted by Crippen LogP contribution is 2.41. The molecule has 0 unspecified atom stereocenters. The predicted octanol–water partition coefficient (Wildman–Crippen LogP) is 9.27. The summed E-state index contributed by atoms with van der Waals surface area (Å²) in [5.74, 6) is 0. The molecule has 7 aromatic rings. The van der Waals surface area contributed by atoms with Gasteiger partial charge in [0.2, 0.25) is 0 Å². The van der Waals surface area contributed by atoms with E-state index in [2.05, 4.69) is 34.2 Å². The normalized spacial score (nSPS) is 11.8. The van der Waals surface area contributed by atoms with Crippen LogP contribution < -0.4 is 22.9 Å². The van der Waals surface area contributed by atoms with E-state index in [1.54, 1.807) is 0 Å². The minimum absolute atomic E-state index is 0. The highest BCUT2D eigenvalue weighted by atomic mass is 24.3. The average molecular weight is 699 g/mol. The van der Waals surface area contributed by atoms with E-state index < -0.39 is 0 Å². The Hall–Kier alpha value is -6.55. The van der Waals surface area contributed by atoms with Crippen molar-refractivity contribution in [2.24, 2.45) is 0 Å². The lowest BCUT2D eigenvalue weighted by Crippen LogP contribution is -1.95. The number of H-pyrrole nitrogens is 2. The van der Waals surface area contributed by atoms with Gasteiger partial charge in [-0.05, 0) is 72.8 Å². The molecule has 252 valence electrons. The van der Waals surface area contributed by atoms with Gasteiger partial charge < -0.3 is 32.9 Å². The molecule has 0 aliphatic carbocycles. The third-order valence-electron chi connectivity index (χ3n) is 9.67. The lowest BCUT2D eigenvalue weighted by Gasteiger charge is -2.10. The van der Waals surface area contributed by atoms with Crippen molar-refractivity contribution in [1.29, 1.82) is 0 Å². The Labute approximate surface area is 322 Å². The Balaban J connectivity index is 0.00000400. The molecule has 2 aliphatic rings. The molecular formula is C44H34MgN8. The maximum absolute atomic E-state index is 6.67. The molecule has 0 fully saturated rings. The quantitative estimate of drug-likeness (QED) is 0.0793. The van der Waals surface area contributed by atoms with Gasteiger partial charge in [0, 0.05) is 112 Å². The molecule has 0 atom stereocenters. The van der Waals surface area contributed by atoms with Crippen LogP contribution in [0.3, 0.4) is 0 Å². The first kappa shape index (κ1) is 33.6. The summed E-state index contributed by atoms with van der Waals surface area (Å²) in [4.78, 5) is 18.1. The van der Waals surface area contributed by atoms with Crippen molar-refractivity contribution in [3.05, 3.63) is 144 Å². The highest BCUT2D eigenvalue weighted by molar-refractivity contribution is 6.03. The van der Waals surface area contributed by atoms with Gasteiger partial charge in [-0.1, -0.05) is 72.8 Å². The number of rotatable bonds is 4. The van der Waals surface area contributed by atoms with Crippen LogP contribution in [-0.2, 0) is 0 Å². The lowest BCUT2D eigenvalue weighted by molar-refractivity contribution is 1.31. The fraction of sp³-hybridized carbons (Fsp3) is 0. The summed E-state index contributed by atoms with van der Waals surface area (Å²) in [7, 11) is 0. The molecule has 4 aromatic carbocycles. The molecule has 9 heteroatoms. The second kappa shape index (κ2) is 13.5. The van der Waals surface area contributed by atoms with Gasteiger partial charge in [0.25, 0.3) is 0 Å². The third-order valence-corrected chi connectivity index (χ3v) is 9.67. The van der Waals surface area contributed by atoms with Gasteiger partial charge >= 0.3 is 0 Å². The number of para-hydroxylation sites is 4. The number of hydrogen-bond donors (Lipinski definition) is 6. The van der Waals surface area contributed by atoms with Crippen LogP contribution in [0.25, 0.3) is 90.9 Å². The minimum atomic E-state index is 0. The molecule has 3 aromatic heterocycles. The minimum Gasteiger partial charge on any atom is -0.398 e. The molecule has 10 N–H and O–H groups in total. The molecule has 0 amide bonds. The van der Waals surface area contributed by atoms with Gasteiger partial charge in [-0.3, -0.25) is 0 Å². The summed E-state index contributed by atoms with van der Waals surface area (Å²) in [6, 6.07) is 39.6. The number of nitrogens with one attached hydrogen (secondary N) is 2. The number of fused-ring (bicyclic) bond motifs is 8. The van der Waals surface area contributed by atoms with E-state index in [4.69, 9.17) is 32.9 Å². The monoisotopic (exact) mass is 698 g/mol. The first-order chi connectivity index (χ1) is 25.4. The zero-order chi connectivity index (χ0) is 35.3. The second-order valence-electron chi connectivity index (χ2n) is 12.9. The Kier molecular flexibility index (Phi) is 8.58. The van der Waals surface area contributed by atoms with Gasteiger partial charge in [0.1, 0.15) is 0 Å². The lowest BCUT2D eigenvalue weighted by atomic mass is 10.0. The largest absolute Gasteiger partial charge is 0.398 e. The molecule has 8 nitrogen and oxygen atoms in total. The fourth-order valence-corrected chi connectivity index (χ4v) is 7.24. The van der Waals surface area contributed by atoms with E-state index in [0.29, 0.717) is 22.7 Å². The molecule has 8 bridgehead atoms. The first-order valence-corrected chi connectivity index (χ1v) is 17.0. The van der Waals surface area contributed by atoms with Crippen LogP contribution in [0.2, 0.25) is 0 Å². The maximum Gasteiger partial charge on any atom is 0.0738 e. The van der Waals surface area contributed by atoms with Crippen molar-refractivity contribution >= 4 is 92.2 Å². The van der Waals surface area contributed by atoms with Crippen LogP contribution in [0.15, 0.2) is 121 Å². The van der Waals surface area contributed by atoms with Crippen LogP contribution in [0.1, 0.15) is 22.8 Å². The van der Waals surface area contributed by atoms with Crippen LogP contribution in [0, 0.1) is 0 Å². The standard InChI is InChI=1S/C44H34N8.Mg/c45-29-13-5-1-9-25(29)41-33-17-19-35(49-33)42(26-10-2-6-14-30(26)46)37-21-23-39(51-37)44(28-12-4-8-16-32(28)48)40-24-22-38(52-40)43(36-20-18-34(41)50-36)27-11-3-7-15-31(27)47;/h1-24,49,52H,45-48H2;. The summed E-state index contributed by atoms with van der Waals surface area (Å²) in [5, 5.41) is 0. The molecule has 0 saturated heterocycles. The topological polar surface area (TPSA) is 161 Å². The number of nitrogens with two attached hydrogens (primary N) is 4. The van der Waals surface area contributed by atoms with Crippen molar-refractivity contribution in [3.63, 3.8) is 0 Å². The SMILES string of the molecule is Nc1ccccc1-c1c2nc(c(-c3ccccc3N)c3ccc([nH]3)c(-c3ccccc3N)c3nc(c(-c4ccccc4N)c4ccc1[nH]4)C=C3)C=C2.[Mg]. The van der Waals surface area contributed by atoms with Crippen molar-refractivity contribution in [1.82, 2.24) is 19.9 Å². The third kappa shape index (κ3) is 5.82. The molecular weight excluding hydrogens is 665 g/mol. The van der Waals surface area contributed by atoms with E-state index in [1.165, 1.54) is 0 Å². The van der Waals surface area contributed by atoms with Crippen molar-refractivity contribution in [2.45, 2.75) is 0 Å². The molecule has 5 heterocycles. The van der Waals surface area contributed by atoms with Crippen LogP contribution in [-0.4, -0.2) is 43.0 Å². The molecule has 2 aliphatic heterocycles. The van der Waals surface area contributed by atoms with Crippen LogP contribution in [0.5, 0.6) is 0 Å². The number of anilines is 4. The Bertz CT molecular complexity index is 2440. The van der Waals surface area contributed by atoms with E-state index >= 15 is 0 Å². The molecule has 0 saturated carbocycles. The maximum atomic E-state index is 6.67. The van der Waals surface area contributed by atoms with Crippen molar-refractivity contribution in [2.75, 3.05) is 22.9 Å². The zero-order valence-electron chi connectivity index (χ0n) is 28.8. The fourth-order valence-electron chi connectivity index (χ4n) is 7.24. The van der Waals surface area contributed by atoms with Gasteiger partial charge in [-0.2, -0.15) is 0 Å². The van der Waals surface area contributed by atoms with Gasteiger partial charge in [0.15, 0.2) is 0 Å². The number of aromatic nitrogens is 4. The number of hydrogen-bond acceptors (Lipinski definition) is 6. The van der Waals surface area contributed by atoms with E-state index in [-0.39, 0.29) is 23.1 Å². The summed E-state index contributed by atoms with van der Waals surface area (Å²) in [6.07, 6.45) is 8.13. The van der Waals surface area contributed by atoms with Gasteiger partial charge in [-0.15, -0.1) is 0 Å². The summed E-state index contributed by atoms with van der Waals surface area (Å²) >= 11 is 0. The predicted molar refractivity (Wildman–Crippen MR) is 224 cm³/mol.